The van der Waals surface area contributed by atoms with Crippen LogP contribution in [0, 0.1) is 12.3 Å². The lowest BCUT2D eigenvalue weighted by molar-refractivity contribution is 0.349. The molecule has 0 saturated carbocycles. The van der Waals surface area contributed by atoms with Gasteiger partial charge in [0, 0.05) is 13.1 Å². The van der Waals surface area contributed by atoms with E-state index in [1.807, 2.05) is 55.4 Å². The summed E-state index contributed by atoms with van der Waals surface area (Å²) in [4.78, 5) is 0. The van der Waals surface area contributed by atoms with Gasteiger partial charge < -0.3 is 5.32 Å². The SMILES string of the molecule is CC.CC.CC.CC.Cc1ccc2c(c1)CNCC(C)(C)C2. The molecule has 2 rings (SSSR count). The molecule has 0 unspecified atom stereocenters. The standard InChI is InChI=1S/C13H19N.4C2H6/c1-10-4-5-11-7-13(2,3)9-14-8-12(11)6-10;4*1-2/h4-6,14H,7-9H2,1-3H3;4*1-2H3. The van der Waals surface area contributed by atoms with Crippen LogP contribution in [0.3, 0.4) is 0 Å². The zero-order valence-electron chi connectivity index (χ0n) is 17.4. The molecule has 1 aromatic rings. The highest BCUT2D eigenvalue weighted by atomic mass is 14.9. The molecule has 1 N–H and O–H groups in total. The lowest BCUT2D eigenvalue weighted by Crippen LogP contribution is -2.27. The Morgan fingerprint density at radius 2 is 1.32 bits per heavy atom. The van der Waals surface area contributed by atoms with Crippen molar-refractivity contribution < 1.29 is 0 Å². The third-order valence-corrected chi connectivity index (χ3v) is 2.95. The van der Waals surface area contributed by atoms with Crippen LogP contribution in [0.4, 0.5) is 0 Å². The average molecular weight is 310 g/mol. The molecule has 1 aliphatic heterocycles. The number of nitrogens with one attached hydrogen (secondary N) is 1. The van der Waals surface area contributed by atoms with E-state index >= 15 is 0 Å². The predicted octanol–water partition coefficient (Wildman–Crippen LogP) is 6.77. The molecule has 0 aromatic heterocycles. The molecule has 22 heavy (non-hydrogen) atoms. The molecule has 1 heteroatoms. The van der Waals surface area contributed by atoms with E-state index in [2.05, 4.69) is 44.3 Å². The molecule has 0 atom stereocenters. The predicted molar refractivity (Wildman–Crippen MR) is 106 cm³/mol. The van der Waals surface area contributed by atoms with Crippen LogP contribution in [-0.4, -0.2) is 6.54 Å². The van der Waals surface area contributed by atoms with Crippen LogP contribution in [0.1, 0.15) is 85.9 Å². The summed E-state index contributed by atoms with van der Waals surface area (Å²) in [5.74, 6) is 0. The second-order valence-electron chi connectivity index (χ2n) is 5.22. The van der Waals surface area contributed by atoms with Gasteiger partial charge in [0.1, 0.15) is 0 Å². The van der Waals surface area contributed by atoms with E-state index in [1.165, 1.54) is 23.1 Å². The minimum absolute atomic E-state index is 0.389. The van der Waals surface area contributed by atoms with Gasteiger partial charge in [-0.05, 0) is 29.9 Å². The molecule has 132 valence electrons. The summed E-state index contributed by atoms with van der Waals surface area (Å²) in [6.07, 6.45) is 1.19. The average Bonchev–Trinajstić information content (AvgIpc) is 2.72. The van der Waals surface area contributed by atoms with Crippen molar-refractivity contribution in [3.63, 3.8) is 0 Å². The van der Waals surface area contributed by atoms with E-state index in [-0.39, 0.29) is 0 Å². The van der Waals surface area contributed by atoms with Crippen molar-refractivity contribution in [2.24, 2.45) is 5.41 Å². The van der Waals surface area contributed by atoms with Gasteiger partial charge in [-0.15, -0.1) is 0 Å². The van der Waals surface area contributed by atoms with Gasteiger partial charge in [-0.3, -0.25) is 0 Å². The fourth-order valence-electron chi connectivity index (χ4n) is 2.21. The molecule has 0 bridgehead atoms. The number of benzene rings is 1. The Hall–Kier alpha value is -0.820. The Morgan fingerprint density at radius 1 is 0.818 bits per heavy atom. The van der Waals surface area contributed by atoms with Crippen LogP contribution in [0.25, 0.3) is 0 Å². The first-order chi connectivity index (χ1) is 10.6. The Bertz CT molecular complexity index is 340. The largest absolute Gasteiger partial charge is 0.312 e. The molecule has 0 aliphatic carbocycles. The van der Waals surface area contributed by atoms with Crippen LogP contribution >= 0.6 is 0 Å². The quantitative estimate of drug-likeness (QED) is 0.557. The van der Waals surface area contributed by atoms with Gasteiger partial charge in [0.2, 0.25) is 0 Å². The first kappa shape index (κ1) is 26.1. The maximum absolute atomic E-state index is 3.52. The minimum Gasteiger partial charge on any atom is -0.312 e. The number of aryl methyl sites for hydroxylation is 1. The maximum atomic E-state index is 3.52. The van der Waals surface area contributed by atoms with Crippen molar-refractivity contribution in [2.45, 2.75) is 89.1 Å². The molecule has 1 heterocycles. The number of hydrogen-bond donors (Lipinski definition) is 1. The smallest absolute Gasteiger partial charge is 0.0208 e. The monoisotopic (exact) mass is 309 g/mol. The molecule has 0 spiro atoms. The van der Waals surface area contributed by atoms with Gasteiger partial charge in [-0.1, -0.05) is 93.0 Å². The highest BCUT2D eigenvalue weighted by molar-refractivity contribution is 5.33. The number of hydrogen-bond acceptors (Lipinski definition) is 1. The fourth-order valence-corrected chi connectivity index (χ4v) is 2.21. The molecular formula is C21H43N. The summed E-state index contributed by atoms with van der Waals surface area (Å²) < 4.78 is 0. The number of rotatable bonds is 0. The molecule has 0 amide bonds. The lowest BCUT2D eigenvalue weighted by atomic mass is 9.85. The Kier molecular flexibility index (Phi) is 19.6. The molecule has 1 aliphatic rings. The molecule has 0 fully saturated rings. The summed E-state index contributed by atoms with van der Waals surface area (Å²) in [5.41, 5.74) is 4.76. The van der Waals surface area contributed by atoms with Crippen LogP contribution < -0.4 is 5.32 Å². The fraction of sp³-hybridized carbons (Fsp3) is 0.714. The summed E-state index contributed by atoms with van der Waals surface area (Å²) in [5, 5.41) is 3.52. The van der Waals surface area contributed by atoms with Crippen LogP contribution in [-0.2, 0) is 13.0 Å². The van der Waals surface area contributed by atoms with Crippen molar-refractivity contribution in [3.05, 3.63) is 34.9 Å². The first-order valence-electron chi connectivity index (χ1n) is 9.36. The zero-order chi connectivity index (χ0) is 18.2. The van der Waals surface area contributed by atoms with E-state index in [9.17, 15) is 0 Å². The zero-order valence-corrected chi connectivity index (χ0v) is 17.4. The molecule has 0 saturated heterocycles. The van der Waals surface area contributed by atoms with E-state index in [0.717, 1.165) is 13.1 Å². The third-order valence-electron chi connectivity index (χ3n) is 2.95. The third kappa shape index (κ3) is 10.8. The number of fused-ring (bicyclic) bond motifs is 1. The van der Waals surface area contributed by atoms with Crippen molar-refractivity contribution in [1.82, 2.24) is 5.32 Å². The van der Waals surface area contributed by atoms with Gasteiger partial charge in [-0.2, -0.15) is 0 Å². The topological polar surface area (TPSA) is 12.0 Å². The van der Waals surface area contributed by atoms with E-state index in [0.29, 0.717) is 5.41 Å². The normalized spacial score (nSPS) is 13.8. The highest BCUT2D eigenvalue weighted by Gasteiger charge is 2.22. The van der Waals surface area contributed by atoms with Gasteiger partial charge in [0.05, 0.1) is 0 Å². The van der Waals surface area contributed by atoms with Crippen LogP contribution in [0.15, 0.2) is 18.2 Å². The molecular weight excluding hydrogens is 266 g/mol. The maximum Gasteiger partial charge on any atom is 0.0208 e. The van der Waals surface area contributed by atoms with Crippen molar-refractivity contribution in [1.29, 1.82) is 0 Å². The highest BCUT2D eigenvalue weighted by Crippen LogP contribution is 2.26. The Balaban J connectivity index is -0.000000394. The van der Waals surface area contributed by atoms with Gasteiger partial charge in [-0.25, -0.2) is 0 Å². The van der Waals surface area contributed by atoms with Crippen LogP contribution in [0.5, 0.6) is 0 Å². The summed E-state index contributed by atoms with van der Waals surface area (Å²) in [6.45, 7) is 25.0. The van der Waals surface area contributed by atoms with Gasteiger partial charge in [0.25, 0.3) is 0 Å². The first-order valence-corrected chi connectivity index (χ1v) is 9.36. The molecule has 0 radical (unpaired) electrons. The minimum atomic E-state index is 0.389. The van der Waals surface area contributed by atoms with Gasteiger partial charge >= 0.3 is 0 Å². The Morgan fingerprint density at radius 3 is 1.82 bits per heavy atom. The summed E-state index contributed by atoms with van der Waals surface area (Å²) in [7, 11) is 0. The van der Waals surface area contributed by atoms with Crippen LogP contribution in [0.2, 0.25) is 0 Å². The van der Waals surface area contributed by atoms with Gasteiger partial charge in [0.15, 0.2) is 0 Å². The second-order valence-corrected chi connectivity index (χ2v) is 5.22. The van der Waals surface area contributed by atoms with Crippen molar-refractivity contribution >= 4 is 0 Å². The van der Waals surface area contributed by atoms with Crippen molar-refractivity contribution in [3.8, 4) is 0 Å². The van der Waals surface area contributed by atoms with Crippen molar-refractivity contribution in [2.75, 3.05) is 6.54 Å². The molecule has 1 aromatic carbocycles. The second kappa shape index (κ2) is 16.5. The molecule has 1 nitrogen and oxygen atoms in total. The Labute approximate surface area is 141 Å². The van der Waals surface area contributed by atoms with E-state index in [4.69, 9.17) is 0 Å². The lowest BCUT2D eigenvalue weighted by Gasteiger charge is -2.22. The van der Waals surface area contributed by atoms with E-state index < -0.39 is 0 Å². The summed E-state index contributed by atoms with van der Waals surface area (Å²) in [6, 6.07) is 6.82. The van der Waals surface area contributed by atoms with E-state index in [1.54, 1.807) is 0 Å². The summed E-state index contributed by atoms with van der Waals surface area (Å²) >= 11 is 0.